The van der Waals surface area contributed by atoms with Crippen LogP contribution in [0.4, 0.5) is 27.6 Å². The number of nitrogens with one attached hydrogen (secondary N) is 1. The van der Waals surface area contributed by atoms with Crippen LogP contribution >= 0.6 is 23.2 Å². The topological polar surface area (TPSA) is 24.4 Å². The average Bonchev–Trinajstić information content (AvgIpc) is 2.50. The van der Waals surface area contributed by atoms with Gasteiger partial charge in [-0.05, 0) is 17.7 Å². The number of nitrogens with zero attached hydrogens (tertiary/aromatic N) is 1. The van der Waals surface area contributed by atoms with Crippen molar-refractivity contribution in [3.05, 3.63) is 62.9 Å². The van der Waals surface area contributed by atoms with E-state index in [0.29, 0.717) is 5.56 Å². The zero-order valence-electron chi connectivity index (χ0n) is 10.4. The van der Waals surface area contributed by atoms with E-state index in [9.17, 15) is 22.0 Å². The molecule has 0 heterocycles. The van der Waals surface area contributed by atoms with Crippen molar-refractivity contribution in [1.82, 2.24) is 0 Å². The summed E-state index contributed by atoms with van der Waals surface area (Å²) in [6.45, 7) is 0. The average molecular weight is 355 g/mol. The lowest BCUT2D eigenvalue weighted by Crippen LogP contribution is -2.06. The Balaban J connectivity index is 2.28. The molecule has 0 atom stereocenters. The summed E-state index contributed by atoms with van der Waals surface area (Å²) in [6, 6.07) is 4.33. The Labute approximate surface area is 131 Å². The van der Waals surface area contributed by atoms with Crippen molar-refractivity contribution in [3.8, 4) is 0 Å². The van der Waals surface area contributed by atoms with Gasteiger partial charge in [-0.15, -0.1) is 0 Å². The second kappa shape index (κ2) is 6.50. The molecule has 22 heavy (non-hydrogen) atoms. The van der Waals surface area contributed by atoms with Crippen LogP contribution in [0.25, 0.3) is 0 Å². The Morgan fingerprint density at radius 1 is 0.818 bits per heavy atom. The summed E-state index contributed by atoms with van der Waals surface area (Å²) in [5, 5.41) is 3.90. The molecule has 2 nitrogen and oxygen atoms in total. The van der Waals surface area contributed by atoms with E-state index in [1.165, 1.54) is 18.2 Å². The van der Waals surface area contributed by atoms with Crippen LogP contribution in [0, 0.1) is 29.1 Å². The van der Waals surface area contributed by atoms with Crippen molar-refractivity contribution in [2.24, 2.45) is 5.10 Å². The maximum absolute atomic E-state index is 13.3. The van der Waals surface area contributed by atoms with Crippen LogP contribution in [-0.2, 0) is 0 Å². The van der Waals surface area contributed by atoms with Crippen LogP contribution < -0.4 is 5.43 Å². The van der Waals surface area contributed by atoms with Crippen molar-refractivity contribution in [2.45, 2.75) is 0 Å². The van der Waals surface area contributed by atoms with Gasteiger partial charge in [0.2, 0.25) is 5.82 Å². The van der Waals surface area contributed by atoms with Crippen LogP contribution in [0.5, 0.6) is 0 Å². The molecule has 0 aromatic heterocycles. The van der Waals surface area contributed by atoms with Gasteiger partial charge >= 0.3 is 0 Å². The first-order chi connectivity index (χ1) is 10.3. The minimum atomic E-state index is -2.24. The molecule has 0 fully saturated rings. The lowest BCUT2D eigenvalue weighted by atomic mass is 10.2. The zero-order chi connectivity index (χ0) is 16.4. The van der Waals surface area contributed by atoms with Crippen molar-refractivity contribution >= 4 is 35.1 Å². The monoisotopic (exact) mass is 354 g/mol. The summed E-state index contributed by atoms with van der Waals surface area (Å²) in [5.74, 6) is -10.4. The number of halogens is 7. The molecule has 0 aliphatic rings. The first kappa shape index (κ1) is 16.5. The largest absolute Gasteiger partial charge is 0.272 e. The Morgan fingerprint density at radius 2 is 1.36 bits per heavy atom. The third-order valence-corrected chi connectivity index (χ3v) is 3.28. The van der Waals surface area contributed by atoms with Crippen molar-refractivity contribution in [1.29, 1.82) is 0 Å². The zero-order valence-corrected chi connectivity index (χ0v) is 11.9. The van der Waals surface area contributed by atoms with E-state index in [0.717, 1.165) is 6.21 Å². The van der Waals surface area contributed by atoms with Crippen LogP contribution in [0.2, 0.25) is 10.0 Å². The molecule has 0 aliphatic heterocycles. The molecule has 0 saturated heterocycles. The quantitative estimate of drug-likeness (QED) is 0.267. The third-order valence-electron chi connectivity index (χ3n) is 2.54. The maximum Gasteiger partial charge on any atom is 0.200 e. The van der Waals surface area contributed by atoms with Crippen molar-refractivity contribution in [2.75, 3.05) is 5.43 Å². The summed E-state index contributed by atoms with van der Waals surface area (Å²) in [7, 11) is 0. The predicted molar refractivity (Wildman–Crippen MR) is 73.9 cm³/mol. The van der Waals surface area contributed by atoms with Gasteiger partial charge in [-0.1, -0.05) is 29.3 Å². The van der Waals surface area contributed by atoms with Gasteiger partial charge in [-0.3, -0.25) is 5.43 Å². The van der Waals surface area contributed by atoms with Crippen molar-refractivity contribution in [3.63, 3.8) is 0 Å². The standard InChI is InChI=1S/C13H5Cl2F5N2/c14-6-2-1-5(3-7(6)15)4-21-22-13-11(19)9(17)8(16)10(18)12(13)20/h1-4,22H. The molecule has 0 saturated carbocycles. The normalized spacial score (nSPS) is 11.2. The summed E-state index contributed by atoms with van der Waals surface area (Å²) >= 11 is 11.4. The van der Waals surface area contributed by atoms with Crippen LogP contribution in [0.15, 0.2) is 23.3 Å². The molecule has 2 aromatic carbocycles. The van der Waals surface area contributed by atoms with Gasteiger partial charge in [0.05, 0.1) is 16.3 Å². The Kier molecular flexibility index (Phi) is 4.87. The highest BCUT2D eigenvalue weighted by Crippen LogP contribution is 2.27. The minimum absolute atomic E-state index is 0.210. The second-order valence-corrected chi connectivity index (χ2v) is 4.80. The van der Waals surface area contributed by atoms with Gasteiger partial charge in [0.25, 0.3) is 0 Å². The van der Waals surface area contributed by atoms with Gasteiger partial charge in [0.15, 0.2) is 23.3 Å². The fourth-order valence-corrected chi connectivity index (χ4v) is 1.77. The summed E-state index contributed by atoms with van der Waals surface area (Å²) in [6.07, 6.45) is 1.07. The van der Waals surface area contributed by atoms with Crippen LogP contribution in [0.3, 0.4) is 0 Å². The first-order valence-corrected chi connectivity index (χ1v) is 6.34. The SMILES string of the molecule is Fc1c(F)c(F)c(NN=Cc2ccc(Cl)c(Cl)c2)c(F)c1F. The molecule has 0 aliphatic carbocycles. The molecule has 0 spiro atoms. The predicted octanol–water partition coefficient (Wildman–Crippen LogP) is 5.13. The van der Waals surface area contributed by atoms with Crippen LogP contribution in [0.1, 0.15) is 5.56 Å². The molecule has 0 radical (unpaired) electrons. The van der Waals surface area contributed by atoms with Crippen LogP contribution in [-0.4, -0.2) is 6.21 Å². The fourth-order valence-electron chi connectivity index (χ4n) is 1.47. The number of hydrazone groups is 1. The Bertz CT molecular complexity index is 736. The number of hydrogen-bond donors (Lipinski definition) is 1. The van der Waals surface area contributed by atoms with E-state index in [4.69, 9.17) is 23.2 Å². The first-order valence-electron chi connectivity index (χ1n) is 5.58. The lowest BCUT2D eigenvalue weighted by Gasteiger charge is -2.07. The molecule has 116 valence electrons. The molecular weight excluding hydrogens is 350 g/mol. The molecule has 0 unspecified atom stereocenters. The number of hydrogen-bond acceptors (Lipinski definition) is 2. The molecule has 1 N–H and O–H groups in total. The van der Waals surface area contributed by atoms with Gasteiger partial charge in [0.1, 0.15) is 5.69 Å². The highest BCUT2D eigenvalue weighted by Gasteiger charge is 2.25. The molecule has 2 aromatic rings. The smallest absolute Gasteiger partial charge is 0.200 e. The number of benzene rings is 2. The second-order valence-electron chi connectivity index (χ2n) is 3.99. The molecule has 0 amide bonds. The molecule has 9 heteroatoms. The van der Waals surface area contributed by atoms with E-state index in [1.807, 2.05) is 0 Å². The fraction of sp³-hybridized carbons (Fsp3) is 0. The van der Waals surface area contributed by atoms with Gasteiger partial charge in [0, 0.05) is 0 Å². The molecular formula is C13H5Cl2F5N2. The van der Waals surface area contributed by atoms with E-state index in [1.54, 1.807) is 5.43 Å². The van der Waals surface area contributed by atoms with E-state index in [2.05, 4.69) is 5.10 Å². The molecule has 0 bridgehead atoms. The summed E-state index contributed by atoms with van der Waals surface area (Å²) in [5.41, 5.74) is 0.907. The van der Waals surface area contributed by atoms with Gasteiger partial charge in [-0.25, -0.2) is 22.0 Å². The highest BCUT2D eigenvalue weighted by molar-refractivity contribution is 6.42. The van der Waals surface area contributed by atoms with Gasteiger partial charge in [-0.2, -0.15) is 5.10 Å². The van der Waals surface area contributed by atoms with Crippen molar-refractivity contribution < 1.29 is 22.0 Å². The Morgan fingerprint density at radius 3 is 1.91 bits per heavy atom. The molecule has 2 rings (SSSR count). The third kappa shape index (κ3) is 3.15. The van der Waals surface area contributed by atoms with E-state index >= 15 is 0 Å². The Hall–Kier alpha value is -1.86. The number of rotatable bonds is 3. The minimum Gasteiger partial charge on any atom is -0.272 e. The van der Waals surface area contributed by atoms with Gasteiger partial charge < -0.3 is 0 Å². The lowest BCUT2D eigenvalue weighted by molar-refractivity contribution is 0.381. The van der Waals surface area contributed by atoms with E-state index < -0.39 is 34.8 Å². The number of anilines is 1. The summed E-state index contributed by atoms with van der Waals surface area (Å²) < 4.78 is 65.5. The summed E-state index contributed by atoms with van der Waals surface area (Å²) in [4.78, 5) is 0. The van der Waals surface area contributed by atoms with E-state index in [-0.39, 0.29) is 10.0 Å². The maximum atomic E-state index is 13.3. The highest BCUT2D eigenvalue weighted by atomic mass is 35.5.